The molecule has 0 radical (unpaired) electrons. The predicted molar refractivity (Wildman–Crippen MR) is 88.0 cm³/mol. The third-order valence-electron chi connectivity index (χ3n) is 4.08. The average Bonchev–Trinajstić information content (AvgIpc) is 3.04. The molecule has 23 heavy (non-hydrogen) atoms. The van der Waals surface area contributed by atoms with Gasteiger partial charge >= 0.3 is 0 Å². The number of aryl methyl sites for hydroxylation is 2. The Morgan fingerprint density at radius 1 is 1.13 bits per heavy atom. The number of aromatic nitrogens is 5. The molecule has 0 spiro atoms. The van der Waals surface area contributed by atoms with E-state index in [1.807, 2.05) is 37.3 Å². The van der Waals surface area contributed by atoms with Crippen LogP contribution in [0.5, 0.6) is 0 Å². The fourth-order valence-corrected chi connectivity index (χ4v) is 2.84. The Kier molecular flexibility index (Phi) is 2.97. The van der Waals surface area contributed by atoms with Gasteiger partial charge in [0.15, 0.2) is 0 Å². The Hall–Kier alpha value is -3.02. The first-order chi connectivity index (χ1) is 11.2. The average molecular weight is 305 g/mol. The quantitative estimate of drug-likeness (QED) is 0.570. The van der Waals surface area contributed by atoms with E-state index >= 15 is 0 Å². The molecular weight excluding hydrogens is 290 g/mol. The molecule has 0 aliphatic carbocycles. The summed E-state index contributed by atoms with van der Waals surface area (Å²) in [5, 5.41) is 4.67. The van der Waals surface area contributed by atoms with Crippen LogP contribution in [0.1, 0.15) is 18.2 Å². The topological polar surface area (TPSA) is 65.1 Å². The van der Waals surface area contributed by atoms with Crippen LogP contribution in [-0.4, -0.2) is 24.1 Å². The first kappa shape index (κ1) is 13.6. The minimum absolute atomic E-state index is 0.103. The highest BCUT2D eigenvalue weighted by Crippen LogP contribution is 2.16. The van der Waals surface area contributed by atoms with E-state index in [0.717, 1.165) is 23.3 Å². The van der Waals surface area contributed by atoms with Crippen molar-refractivity contribution in [2.24, 2.45) is 0 Å². The summed E-state index contributed by atoms with van der Waals surface area (Å²) in [6, 6.07) is 9.98. The highest BCUT2D eigenvalue weighted by molar-refractivity contribution is 5.79. The van der Waals surface area contributed by atoms with E-state index in [0.29, 0.717) is 11.2 Å². The van der Waals surface area contributed by atoms with Crippen molar-refractivity contribution in [2.45, 2.75) is 20.3 Å². The summed E-state index contributed by atoms with van der Waals surface area (Å²) in [4.78, 5) is 21.2. The summed E-state index contributed by atoms with van der Waals surface area (Å²) in [6.45, 7) is 4.02. The van der Waals surface area contributed by atoms with E-state index in [4.69, 9.17) is 0 Å². The lowest BCUT2D eigenvalue weighted by Gasteiger charge is -2.12. The van der Waals surface area contributed by atoms with Crippen molar-refractivity contribution < 1.29 is 0 Å². The third kappa shape index (κ3) is 2.03. The van der Waals surface area contributed by atoms with Gasteiger partial charge in [-0.15, -0.1) is 0 Å². The van der Waals surface area contributed by atoms with Gasteiger partial charge in [-0.1, -0.05) is 19.1 Å². The Labute approximate surface area is 132 Å². The first-order valence-corrected chi connectivity index (χ1v) is 7.49. The molecule has 0 aliphatic heterocycles. The van der Waals surface area contributed by atoms with Gasteiger partial charge in [0.25, 0.3) is 11.3 Å². The van der Waals surface area contributed by atoms with Gasteiger partial charge in [-0.05, 0) is 37.1 Å². The molecule has 0 unspecified atom stereocenters. The third-order valence-corrected chi connectivity index (χ3v) is 4.08. The Morgan fingerprint density at radius 2 is 1.91 bits per heavy atom. The lowest BCUT2D eigenvalue weighted by molar-refractivity contribution is 0.925. The summed E-state index contributed by atoms with van der Waals surface area (Å²) in [7, 11) is 0. The van der Waals surface area contributed by atoms with E-state index in [2.05, 4.69) is 22.0 Å². The molecule has 114 valence electrons. The van der Waals surface area contributed by atoms with Gasteiger partial charge in [0.2, 0.25) is 0 Å². The summed E-state index contributed by atoms with van der Waals surface area (Å²) in [5.74, 6) is 0.487. The van der Waals surface area contributed by atoms with Crippen LogP contribution in [-0.2, 0) is 6.42 Å². The van der Waals surface area contributed by atoms with E-state index < -0.39 is 0 Å². The number of hydrogen-bond acceptors (Lipinski definition) is 4. The second kappa shape index (κ2) is 5.01. The van der Waals surface area contributed by atoms with Crippen LogP contribution in [0.25, 0.3) is 22.4 Å². The van der Waals surface area contributed by atoms with Crippen molar-refractivity contribution in [1.29, 1.82) is 0 Å². The molecule has 0 saturated heterocycles. The maximum Gasteiger partial charge on any atom is 0.266 e. The maximum absolute atomic E-state index is 12.9. The van der Waals surface area contributed by atoms with Gasteiger partial charge in [-0.25, -0.2) is 4.98 Å². The molecule has 0 amide bonds. The van der Waals surface area contributed by atoms with Crippen molar-refractivity contribution in [3.05, 3.63) is 64.5 Å². The Bertz CT molecular complexity index is 1080. The molecule has 0 atom stereocenters. The molecule has 4 aromatic rings. The van der Waals surface area contributed by atoms with Crippen LogP contribution in [0.3, 0.4) is 0 Å². The number of nitrogens with zero attached hydrogens (tertiary/aromatic N) is 5. The zero-order chi connectivity index (χ0) is 16.0. The summed E-state index contributed by atoms with van der Waals surface area (Å²) >= 11 is 0. The van der Waals surface area contributed by atoms with Gasteiger partial charge in [0.05, 0.1) is 10.9 Å². The lowest BCUT2D eigenvalue weighted by atomic mass is 10.1. The first-order valence-electron chi connectivity index (χ1n) is 7.49. The number of rotatable bonds is 2. The van der Waals surface area contributed by atoms with Crippen molar-refractivity contribution in [1.82, 2.24) is 24.1 Å². The van der Waals surface area contributed by atoms with Gasteiger partial charge in [0.1, 0.15) is 6.33 Å². The van der Waals surface area contributed by atoms with Gasteiger partial charge in [-0.2, -0.15) is 14.6 Å². The van der Waals surface area contributed by atoms with Crippen LogP contribution < -0.4 is 5.56 Å². The normalized spacial score (nSPS) is 11.4. The van der Waals surface area contributed by atoms with Crippen LogP contribution >= 0.6 is 0 Å². The van der Waals surface area contributed by atoms with E-state index in [1.165, 1.54) is 11.9 Å². The van der Waals surface area contributed by atoms with Gasteiger partial charge in [-0.3, -0.25) is 9.36 Å². The minimum Gasteiger partial charge on any atom is -0.281 e. The number of benzene rings is 1. The molecule has 0 N–H and O–H groups in total. The summed E-state index contributed by atoms with van der Waals surface area (Å²) < 4.78 is 3.29. The largest absolute Gasteiger partial charge is 0.281 e. The van der Waals surface area contributed by atoms with E-state index in [9.17, 15) is 4.79 Å². The monoisotopic (exact) mass is 305 g/mol. The van der Waals surface area contributed by atoms with Crippen molar-refractivity contribution in [3.63, 3.8) is 0 Å². The number of fused-ring (bicyclic) bond motifs is 3. The molecule has 4 rings (SSSR count). The van der Waals surface area contributed by atoms with Gasteiger partial charge in [0, 0.05) is 17.6 Å². The van der Waals surface area contributed by atoms with Gasteiger partial charge < -0.3 is 0 Å². The highest BCUT2D eigenvalue weighted by atomic mass is 16.1. The SMILES string of the molecule is CCc1ccc(-n2c(C)cc3c(cnc4ncnn43)c2=O)cc1. The summed E-state index contributed by atoms with van der Waals surface area (Å²) in [6.07, 6.45) is 3.98. The lowest BCUT2D eigenvalue weighted by Crippen LogP contribution is -2.21. The molecular formula is C17H15N5O. The molecule has 1 aromatic carbocycles. The molecule has 0 saturated carbocycles. The second-order valence-electron chi connectivity index (χ2n) is 5.48. The van der Waals surface area contributed by atoms with Crippen LogP contribution in [0, 0.1) is 6.92 Å². The Morgan fingerprint density at radius 3 is 2.65 bits per heavy atom. The molecule has 6 heteroatoms. The molecule has 3 aromatic heterocycles. The Balaban J connectivity index is 2.03. The highest BCUT2D eigenvalue weighted by Gasteiger charge is 2.12. The molecule has 6 nitrogen and oxygen atoms in total. The van der Waals surface area contributed by atoms with Crippen LogP contribution in [0.2, 0.25) is 0 Å². The van der Waals surface area contributed by atoms with E-state index in [1.54, 1.807) is 15.3 Å². The van der Waals surface area contributed by atoms with Crippen molar-refractivity contribution in [2.75, 3.05) is 0 Å². The molecule has 0 fully saturated rings. The number of hydrogen-bond donors (Lipinski definition) is 0. The fraction of sp³-hybridized carbons (Fsp3) is 0.176. The predicted octanol–water partition coefficient (Wildman–Crippen LogP) is 2.30. The van der Waals surface area contributed by atoms with E-state index in [-0.39, 0.29) is 5.56 Å². The number of pyridine rings is 1. The molecule has 0 aliphatic rings. The minimum atomic E-state index is -0.103. The molecule has 3 heterocycles. The second-order valence-corrected chi connectivity index (χ2v) is 5.48. The zero-order valence-electron chi connectivity index (χ0n) is 12.9. The summed E-state index contributed by atoms with van der Waals surface area (Å²) in [5.41, 5.74) is 3.55. The standard InChI is InChI=1S/C17H15N5O/c1-3-12-4-6-13(7-5-12)21-11(2)8-15-14(16(21)23)9-18-17-19-10-20-22(15)17/h4-10H,3H2,1-2H3. The van der Waals surface area contributed by atoms with Crippen LogP contribution in [0.4, 0.5) is 0 Å². The van der Waals surface area contributed by atoms with Crippen molar-refractivity contribution in [3.8, 4) is 5.69 Å². The molecule has 0 bridgehead atoms. The smallest absolute Gasteiger partial charge is 0.266 e. The van der Waals surface area contributed by atoms with Crippen molar-refractivity contribution >= 4 is 16.7 Å². The fourth-order valence-electron chi connectivity index (χ4n) is 2.84. The zero-order valence-corrected chi connectivity index (χ0v) is 12.9. The van der Waals surface area contributed by atoms with Crippen LogP contribution in [0.15, 0.2) is 47.7 Å². The maximum atomic E-state index is 12.9.